The number of amides is 1. The van der Waals surface area contributed by atoms with E-state index in [1.165, 1.54) is 12.8 Å². The zero-order chi connectivity index (χ0) is 19.7. The molecule has 1 spiro atoms. The minimum Gasteiger partial charge on any atom is -0.450 e. The van der Waals surface area contributed by atoms with Gasteiger partial charge in [-0.3, -0.25) is 9.78 Å². The minimum atomic E-state index is -0.551. The second kappa shape index (κ2) is 7.82. The van der Waals surface area contributed by atoms with Gasteiger partial charge in [0.05, 0.1) is 11.3 Å². The van der Waals surface area contributed by atoms with Crippen molar-refractivity contribution in [3.8, 4) is 0 Å². The average Bonchev–Trinajstić information content (AvgIpc) is 3.33. The second-order valence-electron chi connectivity index (χ2n) is 8.50. The van der Waals surface area contributed by atoms with E-state index >= 15 is 0 Å². The molecule has 0 atom stereocenters. The Morgan fingerprint density at radius 2 is 2.04 bits per heavy atom. The molecule has 0 N–H and O–H groups in total. The number of carbonyl (C=O) groups excluding carboxylic acids is 2. The van der Waals surface area contributed by atoms with Crippen molar-refractivity contribution in [3.63, 3.8) is 0 Å². The number of aryl methyl sites for hydroxylation is 1. The van der Waals surface area contributed by atoms with Crippen LogP contribution in [0.15, 0.2) is 12.3 Å². The lowest BCUT2D eigenvalue weighted by Gasteiger charge is -2.37. The van der Waals surface area contributed by atoms with E-state index in [0.29, 0.717) is 5.56 Å². The van der Waals surface area contributed by atoms with Gasteiger partial charge in [-0.25, -0.2) is 4.79 Å². The lowest BCUT2D eigenvalue weighted by atomic mass is 9.74. The van der Waals surface area contributed by atoms with Crippen LogP contribution >= 0.6 is 0 Å². The SMILES string of the molecule is CCc1nccc2c1C(=O)OC21CCC(C(=O)N(C)CCN2CCCC2)CC1. The van der Waals surface area contributed by atoms with Gasteiger partial charge in [0, 0.05) is 37.8 Å². The molecule has 6 heteroatoms. The van der Waals surface area contributed by atoms with Gasteiger partial charge < -0.3 is 14.5 Å². The number of aromatic nitrogens is 1. The maximum absolute atomic E-state index is 12.9. The number of hydrogen-bond acceptors (Lipinski definition) is 5. The third-order valence-electron chi connectivity index (χ3n) is 6.82. The van der Waals surface area contributed by atoms with E-state index < -0.39 is 5.60 Å². The highest BCUT2D eigenvalue weighted by atomic mass is 16.6. The molecule has 0 unspecified atom stereocenters. The van der Waals surface area contributed by atoms with Gasteiger partial charge in [0.1, 0.15) is 5.60 Å². The number of likely N-dealkylation sites (N-methyl/N-ethyl adjacent to an activating group) is 1. The summed E-state index contributed by atoms with van der Waals surface area (Å²) in [6, 6.07) is 1.93. The van der Waals surface area contributed by atoms with E-state index in [0.717, 1.165) is 69.5 Å². The number of likely N-dealkylation sites (tertiary alicyclic amines) is 1. The molecule has 1 saturated carbocycles. The molecule has 4 rings (SSSR count). The second-order valence-corrected chi connectivity index (χ2v) is 8.50. The van der Waals surface area contributed by atoms with Crippen LogP contribution in [0.25, 0.3) is 0 Å². The van der Waals surface area contributed by atoms with Gasteiger partial charge in [-0.15, -0.1) is 0 Å². The van der Waals surface area contributed by atoms with Gasteiger partial charge in [0.25, 0.3) is 0 Å². The Bertz CT molecular complexity index is 749. The zero-order valence-electron chi connectivity index (χ0n) is 17.1. The molecule has 2 aliphatic heterocycles. The van der Waals surface area contributed by atoms with Crippen molar-refractivity contribution < 1.29 is 14.3 Å². The Hall–Kier alpha value is -1.95. The molecule has 0 radical (unpaired) electrons. The van der Waals surface area contributed by atoms with Crippen LogP contribution in [0.3, 0.4) is 0 Å². The number of nitrogens with zero attached hydrogens (tertiary/aromatic N) is 3. The fourth-order valence-electron chi connectivity index (χ4n) is 5.09. The molecule has 6 nitrogen and oxygen atoms in total. The number of esters is 1. The highest BCUT2D eigenvalue weighted by molar-refractivity contribution is 5.96. The summed E-state index contributed by atoms with van der Waals surface area (Å²) < 4.78 is 5.90. The van der Waals surface area contributed by atoms with E-state index in [-0.39, 0.29) is 17.8 Å². The highest BCUT2D eigenvalue weighted by Crippen LogP contribution is 2.48. The summed E-state index contributed by atoms with van der Waals surface area (Å²) >= 11 is 0. The van der Waals surface area contributed by atoms with E-state index in [1.54, 1.807) is 6.20 Å². The lowest BCUT2D eigenvalue weighted by Crippen LogP contribution is -2.41. The van der Waals surface area contributed by atoms with Gasteiger partial charge in [-0.1, -0.05) is 6.92 Å². The van der Waals surface area contributed by atoms with Crippen LogP contribution in [0.1, 0.15) is 67.1 Å². The molecular weight excluding hydrogens is 354 g/mol. The highest BCUT2D eigenvalue weighted by Gasteiger charge is 2.49. The van der Waals surface area contributed by atoms with Gasteiger partial charge in [0.15, 0.2) is 0 Å². The fourth-order valence-corrected chi connectivity index (χ4v) is 5.09. The van der Waals surface area contributed by atoms with E-state index in [1.807, 2.05) is 24.9 Å². The third-order valence-corrected chi connectivity index (χ3v) is 6.82. The van der Waals surface area contributed by atoms with Crippen molar-refractivity contribution in [2.75, 3.05) is 33.2 Å². The molecule has 0 bridgehead atoms. The first-order valence-corrected chi connectivity index (χ1v) is 10.7. The van der Waals surface area contributed by atoms with Crippen LogP contribution in [-0.2, 0) is 21.6 Å². The predicted octanol–water partition coefficient (Wildman–Crippen LogP) is 2.75. The van der Waals surface area contributed by atoms with Crippen molar-refractivity contribution in [1.82, 2.24) is 14.8 Å². The lowest BCUT2D eigenvalue weighted by molar-refractivity contribution is -0.137. The fraction of sp³-hybridized carbons (Fsp3) is 0.682. The van der Waals surface area contributed by atoms with Crippen LogP contribution in [0.5, 0.6) is 0 Å². The van der Waals surface area contributed by atoms with E-state index in [2.05, 4.69) is 9.88 Å². The molecule has 1 saturated heterocycles. The first-order chi connectivity index (χ1) is 13.5. The first kappa shape index (κ1) is 19.4. The number of fused-ring (bicyclic) bond motifs is 2. The Morgan fingerprint density at radius 3 is 2.71 bits per heavy atom. The van der Waals surface area contributed by atoms with Crippen LogP contribution in [-0.4, -0.2) is 59.9 Å². The van der Waals surface area contributed by atoms with Crippen LogP contribution in [0.4, 0.5) is 0 Å². The van der Waals surface area contributed by atoms with Crippen molar-refractivity contribution in [3.05, 3.63) is 29.1 Å². The molecule has 1 aromatic heterocycles. The minimum absolute atomic E-state index is 0.0319. The monoisotopic (exact) mass is 385 g/mol. The van der Waals surface area contributed by atoms with Crippen LogP contribution < -0.4 is 0 Å². The summed E-state index contributed by atoms with van der Waals surface area (Å²) in [5.74, 6) is 0.0273. The molecular formula is C22H31N3O3. The Labute approximate surface area is 167 Å². The molecule has 28 heavy (non-hydrogen) atoms. The van der Waals surface area contributed by atoms with Crippen LogP contribution in [0, 0.1) is 5.92 Å². The molecule has 1 amide bonds. The smallest absolute Gasteiger partial charge is 0.341 e. The Balaban J connectivity index is 1.38. The van der Waals surface area contributed by atoms with Crippen molar-refractivity contribution >= 4 is 11.9 Å². The number of ether oxygens (including phenoxy) is 1. The largest absolute Gasteiger partial charge is 0.450 e. The average molecular weight is 386 g/mol. The molecule has 2 fully saturated rings. The number of rotatable bonds is 5. The Morgan fingerprint density at radius 1 is 1.32 bits per heavy atom. The summed E-state index contributed by atoms with van der Waals surface area (Å²) in [6.45, 7) is 6.09. The van der Waals surface area contributed by atoms with Crippen molar-refractivity contribution in [1.29, 1.82) is 0 Å². The normalized spacial score (nSPS) is 27.1. The summed E-state index contributed by atoms with van der Waals surface area (Å²) in [5, 5.41) is 0. The number of carbonyl (C=O) groups is 2. The number of hydrogen-bond donors (Lipinski definition) is 0. The zero-order valence-corrected chi connectivity index (χ0v) is 17.1. The number of pyridine rings is 1. The maximum Gasteiger partial charge on any atom is 0.341 e. The molecule has 152 valence electrons. The molecule has 1 aromatic rings. The van der Waals surface area contributed by atoms with Gasteiger partial charge in [-0.2, -0.15) is 0 Å². The maximum atomic E-state index is 12.9. The van der Waals surface area contributed by atoms with Gasteiger partial charge >= 0.3 is 5.97 Å². The molecule has 3 heterocycles. The standard InChI is InChI=1S/C22H31N3O3/c1-3-18-19-17(8-11-23-18)22(28-21(19)27)9-6-16(7-10-22)20(26)24(2)14-15-25-12-4-5-13-25/h8,11,16H,3-7,9-10,12-15H2,1-2H3. The molecule has 0 aromatic carbocycles. The van der Waals surface area contributed by atoms with Gasteiger partial charge in [0.2, 0.25) is 5.91 Å². The summed E-state index contributed by atoms with van der Waals surface area (Å²) in [4.78, 5) is 34.1. The molecule has 3 aliphatic rings. The third kappa shape index (κ3) is 3.43. The summed E-state index contributed by atoms with van der Waals surface area (Å²) in [6.07, 6.45) is 8.02. The quantitative estimate of drug-likeness (QED) is 0.730. The topological polar surface area (TPSA) is 62.7 Å². The van der Waals surface area contributed by atoms with Crippen molar-refractivity contribution in [2.24, 2.45) is 5.92 Å². The van der Waals surface area contributed by atoms with E-state index in [9.17, 15) is 9.59 Å². The van der Waals surface area contributed by atoms with E-state index in [4.69, 9.17) is 4.74 Å². The van der Waals surface area contributed by atoms with Crippen LogP contribution in [0.2, 0.25) is 0 Å². The first-order valence-electron chi connectivity index (χ1n) is 10.7. The predicted molar refractivity (Wildman–Crippen MR) is 106 cm³/mol. The van der Waals surface area contributed by atoms with Gasteiger partial charge in [-0.05, 0) is 64.1 Å². The summed E-state index contributed by atoms with van der Waals surface area (Å²) in [5.41, 5.74) is 1.92. The molecule has 1 aliphatic carbocycles. The summed E-state index contributed by atoms with van der Waals surface area (Å²) in [7, 11) is 1.92. The Kier molecular flexibility index (Phi) is 5.41. The van der Waals surface area contributed by atoms with Crippen molar-refractivity contribution in [2.45, 2.75) is 57.5 Å².